The van der Waals surface area contributed by atoms with Crippen molar-refractivity contribution in [3.05, 3.63) is 63.0 Å². The van der Waals surface area contributed by atoms with E-state index < -0.39 is 0 Å². The van der Waals surface area contributed by atoms with Crippen molar-refractivity contribution < 1.29 is 9.53 Å². The van der Waals surface area contributed by atoms with Crippen LogP contribution in [-0.2, 0) is 21.4 Å². The van der Waals surface area contributed by atoms with E-state index in [-0.39, 0.29) is 11.3 Å². The third-order valence-corrected chi connectivity index (χ3v) is 6.94. The van der Waals surface area contributed by atoms with Crippen LogP contribution >= 0.6 is 15.9 Å². The fourth-order valence-corrected chi connectivity index (χ4v) is 4.89. The molecule has 4 rings (SSSR count). The average molecular weight is 496 g/mol. The highest BCUT2D eigenvalue weighted by Crippen LogP contribution is 2.35. The van der Waals surface area contributed by atoms with Gasteiger partial charge in [0.05, 0.1) is 6.20 Å². The van der Waals surface area contributed by atoms with Crippen LogP contribution in [0.3, 0.4) is 0 Å². The number of carbonyl (C=O) groups excluding carboxylic acids is 1. The number of aromatic nitrogens is 3. The molecule has 3 heterocycles. The number of benzene rings is 1. The van der Waals surface area contributed by atoms with Gasteiger partial charge in [-0.1, -0.05) is 28.1 Å². The molecule has 1 amide bonds. The van der Waals surface area contributed by atoms with Crippen LogP contribution in [0.2, 0.25) is 0 Å². The summed E-state index contributed by atoms with van der Waals surface area (Å²) in [6, 6.07) is 10.5. The molecule has 0 unspecified atom stereocenters. The highest BCUT2D eigenvalue weighted by atomic mass is 79.9. The largest absolute Gasteiger partial charge is 0.381 e. The van der Waals surface area contributed by atoms with Crippen molar-refractivity contribution in [2.24, 2.45) is 0 Å². The van der Waals surface area contributed by atoms with Gasteiger partial charge in [-0.15, -0.1) is 0 Å². The monoisotopic (exact) mass is 495 g/mol. The molecule has 1 fully saturated rings. The molecule has 1 saturated heterocycles. The predicted molar refractivity (Wildman–Crippen MR) is 124 cm³/mol. The lowest BCUT2D eigenvalue weighted by Crippen LogP contribution is -2.44. The second-order valence-corrected chi connectivity index (χ2v) is 9.26. The number of rotatable bonds is 6. The lowest BCUT2D eigenvalue weighted by atomic mass is 9.74. The van der Waals surface area contributed by atoms with Crippen molar-refractivity contribution in [2.45, 2.75) is 44.9 Å². The Kier molecular flexibility index (Phi) is 6.58. The molecule has 0 radical (unpaired) electrons. The molecule has 0 spiro atoms. The number of nitriles is 1. The zero-order valence-corrected chi connectivity index (χ0v) is 19.9. The quantitative estimate of drug-likeness (QED) is 0.561. The molecule has 1 aliphatic rings. The van der Waals surface area contributed by atoms with Crippen LogP contribution in [-0.4, -0.2) is 40.3 Å². The van der Waals surface area contributed by atoms with Gasteiger partial charge in [0, 0.05) is 47.5 Å². The topological polar surface area (TPSA) is 92.3 Å². The number of hydrogen-bond donors (Lipinski definition) is 1. The van der Waals surface area contributed by atoms with Crippen molar-refractivity contribution >= 4 is 27.5 Å². The molecule has 0 atom stereocenters. The van der Waals surface area contributed by atoms with Gasteiger partial charge >= 0.3 is 0 Å². The maximum atomic E-state index is 12.8. The normalized spacial score (nSPS) is 15.4. The SMILES string of the molecule is Cc1nc2c(C#N)cnn2c(C)c1CCC(=O)NCC1(c2cccc(Br)c2)CCOCC1. The van der Waals surface area contributed by atoms with Gasteiger partial charge in [0.25, 0.3) is 0 Å². The van der Waals surface area contributed by atoms with Gasteiger partial charge in [-0.2, -0.15) is 10.4 Å². The number of carbonyl (C=O) groups is 1. The van der Waals surface area contributed by atoms with Crippen molar-refractivity contribution in [1.82, 2.24) is 19.9 Å². The van der Waals surface area contributed by atoms with E-state index in [1.54, 1.807) is 4.52 Å². The first-order valence-corrected chi connectivity index (χ1v) is 11.6. The van der Waals surface area contributed by atoms with Gasteiger partial charge in [-0.25, -0.2) is 9.50 Å². The number of hydrogen-bond acceptors (Lipinski definition) is 5. The Morgan fingerprint density at radius 2 is 2.12 bits per heavy atom. The van der Waals surface area contributed by atoms with E-state index in [1.807, 2.05) is 26.0 Å². The molecule has 0 aliphatic carbocycles. The van der Waals surface area contributed by atoms with Crippen molar-refractivity contribution in [3.8, 4) is 6.07 Å². The minimum absolute atomic E-state index is 0.0166. The minimum atomic E-state index is -0.118. The summed E-state index contributed by atoms with van der Waals surface area (Å²) < 4.78 is 8.32. The molecular formula is C24H26BrN5O2. The first kappa shape index (κ1) is 22.4. The van der Waals surface area contributed by atoms with Gasteiger partial charge in [0.1, 0.15) is 11.6 Å². The Labute approximate surface area is 195 Å². The fourth-order valence-electron chi connectivity index (χ4n) is 4.49. The third-order valence-electron chi connectivity index (χ3n) is 6.44. The summed E-state index contributed by atoms with van der Waals surface area (Å²) in [5.41, 5.74) is 4.86. The highest BCUT2D eigenvalue weighted by Gasteiger charge is 2.35. The molecule has 32 heavy (non-hydrogen) atoms. The molecule has 1 aliphatic heterocycles. The smallest absolute Gasteiger partial charge is 0.220 e. The molecule has 0 saturated carbocycles. The first-order valence-electron chi connectivity index (χ1n) is 10.8. The van der Waals surface area contributed by atoms with E-state index in [2.05, 4.69) is 49.5 Å². The number of amides is 1. The van der Waals surface area contributed by atoms with E-state index in [9.17, 15) is 10.1 Å². The maximum absolute atomic E-state index is 12.8. The predicted octanol–water partition coefficient (Wildman–Crippen LogP) is 3.78. The van der Waals surface area contributed by atoms with Crippen LogP contribution in [0.1, 0.15) is 47.3 Å². The Bertz CT molecular complexity index is 1190. The van der Waals surface area contributed by atoms with Gasteiger partial charge in [-0.05, 0) is 56.4 Å². The van der Waals surface area contributed by atoms with E-state index in [1.165, 1.54) is 11.8 Å². The van der Waals surface area contributed by atoms with E-state index in [0.717, 1.165) is 34.3 Å². The summed E-state index contributed by atoms with van der Waals surface area (Å²) in [5, 5.41) is 16.7. The third kappa shape index (κ3) is 4.41. The molecule has 3 aromatic rings. The van der Waals surface area contributed by atoms with Gasteiger partial charge in [0.15, 0.2) is 5.65 Å². The van der Waals surface area contributed by atoms with Gasteiger partial charge in [-0.3, -0.25) is 4.79 Å². The molecule has 1 aromatic carbocycles. The number of halogens is 1. The fraction of sp³-hybridized carbons (Fsp3) is 0.417. The minimum Gasteiger partial charge on any atom is -0.381 e. The van der Waals surface area contributed by atoms with Crippen LogP contribution in [0.5, 0.6) is 0 Å². The molecule has 1 N–H and O–H groups in total. The lowest BCUT2D eigenvalue weighted by molar-refractivity contribution is -0.121. The Balaban J connectivity index is 1.45. The van der Waals surface area contributed by atoms with Gasteiger partial charge < -0.3 is 10.1 Å². The first-order chi connectivity index (χ1) is 15.4. The summed E-state index contributed by atoms with van der Waals surface area (Å²) in [7, 11) is 0. The Morgan fingerprint density at radius 1 is 1.34 bits per heavy atom. The van der Waals surface area contributed by atoms with Crippen LogP contribution < -0.4 is 5.32 Å². The zero-order chi connectivity index (χ0) is 22.7. The summed E-state index contributed by atoms with van der Waals surface area (Å²) in [6.45, 7) is 5.85. The summed E-state index contributed by atoms with van der Waals surface area (Å²) in [6.07, 6.45) is 4.22. The highest BCUT2D eigenvalue weighted by molar-refractivity contribution is 9.10. The van der Waals surface area contributed by atoms with E-state index in [0.29, 0.717) is 43.8 Å². The molecule has 0 bridgehead atoms. The van der Waals surface area contributed by atoms with Crippen LogP contribution in [0.4, 0.5) is 0 Å². The number of nitrogens with one attached hydrogen (secondary N) is 1. The standard InChI is InChI=1S/C24H26BrN5O2/c1-16-21(17(2)30-23(29-16)18(13-26)14-28-30)6-7-22(31)27-15-24(8-10-32-11-9-24)19-4-3-5-20(25)12-19/h3-5,12,14H,6-11,15H2,1-2H3,(H,27,31). The number of nitrogens with zero attached hydrogens (tertiary/aromatic N) is 4. The second-order valence-electron chi connectivity index (χ2n) is 8.35. The van der Waals surface area contributed by atoms with Crippen LogP contribution in [0, 0.1) is 25.2 Å². The number of ether oxygens (including phenoxy) is 1. The lowest BCUT2D eigenvalue weighted by Gasteiger charge is -2.38. The molecular weight excluding hydrogens is 470 g/mol. The molecule has 2 aromatic heterocycles. The van der Waals surface area contributed by atoms with Crippen molar-refractivity contribution in [2.75, 3.05) is 19.8 Å². The van der Waals surface area contributed by atoms with Crippen LogP contribution in [0.15, 0.2) is 34.9 Å². The molecule has 166 valence electrons. The van der Waals surface area contributed by atoms with Crippen molar-refractivity contribution in [3.63, 3.8) is 0 Å². The average Bonchev–Trinajstić information content (AvgIpc) is 3.21. The summed E-state index contributed by atoms with van der Waals surface area (Å²) in [5.74, 6) is 0.0166. The molecule has 7 nitrogen and oxygen atoms in total. The summed E-state index contributed by atoms with van der Waals surface area (Å²) in [4.78, 5) is 17.4. The van der Waals surface area contributed by atoms with E-state index >= 15 is 0 Å². The second kappa shape index (κ2) is 9.39. The van der Waals surface area contributed by atoms with Crippen LogP contribution in [0.25, 0.3) is 5.65 Å². The molecule has 8 heteroatoms. The number of fused-ring (bicyclic) bond motifs is 1. The Hall–Kier alpha value is -2.76. The number of aryl methyl sites for hydroxylation is 2. The van der Waals surface area contributed by atoms with E-state index in [4.69, 9.17) is 4.74 Å². The Morgan fingerprint density at radius 3 is 2.84 bits per heavy atom. The van der Waals surface area contributed by atoms with Gasteiger partial charge in [0.2, 0.25) is 5.91 Å². The van der Waals surface area contributed by atoms with Crippen molar-refractivity contribution in [1.29, 1.82) is 5.26 Å². The summed E-state index contributed by atoms with van der Waals surface area (Å²) >= 11 is 3.57. The zero-order valence-electron chi connectivity index (χ0n) is 18.3. The maximum Gasteiger partial charge on any atom is 0.220 e.